The van der Waals surface area contributed by atoms with Crippen LogP contribution in [0.5, 0.6) is 11.6 Å². The van der Waals surface area contributed by atoms with E-state index in [4.69, 9.17) is 9.47 Å². The summed E-state index contributed by atoms with van der Waals surface area (Å²) in [5.74, 6) is 0.175. The maximum atomic E-state index is 11.7. The number of rotatable bonds is 5. The van der Waals surface area contributed by atoms with Crippen molar-refractivity contribution >= 4 is 17.3 Å². The Hall–Kier alpha value is -2.87. The average Bonchev–Trinajstić information content (AvgIpc) is 3.22. The zero-order chi connectivity index (χ0) is 17.1. The molecule has 0 radical (unpaired) electrons. The number of carbonyl (C=O) groups is 1. The number of methoxy groups -OCH3 is 1. The van der Waals surface area contributed by atoms with Crippen LogP contribution in [0.15, 0.2) is 35.7 Å². The van der Waals surface area contributed by atoms with Gasteiger partial charge in [-0.2, -0.15) is 9.78 Å². The van der Waals surface area contributed by atoms with Gasteiger partial charge in [0, 0.05) is 17.0 Å². The van der Waals surface area contributed by atoms with E-state index in [1.54, 1.807) is 19.4 Å². The van der Waals surface area contributed by atoms with E-state index < -0.39 is 5.97 Å². The van der Waals surface area contributed by atoms with Gasteiger partial charge in [-0.3, -0.25) is 0 Å². The van der Waals surface area contributed by atoms with Crippen LogP contribution in [-0.4, -0.2) is 39.6 Å². The second-order valence-electron chi connectivity index (χ2n) is 4.76. The Labute approximate surface area is 142 Å². The molecule has 8 heteroatoms. The van der Waals surface area contributed by atoms with E-state index >= 15 is 0 Å². The Balaban J connectivity index is 1.90. The van der Waals surface area contributed by atoms with E-state index in [1.807, 2.05) is 24.3 Å². The molecule has 0 aliphatic carbocycles. The van der Waals surface area contributed by atoms with E-state index in [9.17, 15) is 9.90 Å². The minimum absolute atomic E-state index is 0.0643. The van der Waals surface area contributed by atoms with Gasteiger partial charge in [-0.15, -0.1) is 11.3 Å². The summed E-state index contributed by atoms with van der Waals surface area (Å²) in [5.41, 5.74) is 1.60. The molecule has 1 aromatic carbocycles. The van der Waals surface area contributed by atoms with Crippen LogP contribution in [0.1, 0.15) is 17.4 Å². The molecule has 0 aliphatic rings. The van der Waals surface area contributed by atoms with E-state index in [2.05, 4.69) is 10.1 Å². The molecule has 0 amide bonds. The molecule has 0 bridgehead atoms. The highest BCUT2D eigenvalue weighted by molar-refractivity contribution is 7.12. The lowest BCUT2D eigenvalue weighted by molar-refractivity contribution is 0.0520. The van der Waals surface area contributed by atoms with Crippen LogP contribution in [-0.2, 0) is 4.74 Å². The number of carbonyl (C=O) groups excluding carboxylic acids is 1. The number of aromatic nitrogens is 3. The molecule has 24 heavy (non-hydrogen) atoms. The van der Waals surface area contributed by atoms with Gasteiger partial charge >= 0.3 is 5.97 Å². The monoisotopic (exact) mass is 345 g/mol. The van der Waals surface area contributed by atoms with Gasteiger partial charge in [0.25, 0.3) is 0 Å². The second-order valence-corrected chi connectivity index (χ2v) is 5.60. The molecule has 2 aromatic heterocycles. The van der Waals surface area contributed by atoms with Crippen LogP contribution in [0.4, 0.5) is 0 Å². The number of benzene rings is 1. The third-order valence-corrected chi connectivity index (χ3v) is 4.05. The highest BCUT2D eigenvalue weighted by Crippen LogP contribution is 2.28. The summed E-state index contributed by atoms with van der Waals surface area (Å²) in [4.78, 5) is 15.8. The van der Waals surface area contributed by atoms with Gasteiger partial charge in [0.15, 0.2) is 5.69 Å². The Kier molecular flexibility index (Phi) is 4.48. The van der Waals surface area contributed by atoms with Crippen LogP contribution in [0.2, 0.25) is 0 Å². The predicted octanol–water partition coefficient (Wildman–Crippen LogP) is 2.89. The van der Waals surface area contributed by atoms with E-state index in [-0.39, 0.29) is 18.2 Å². The number of aromatic hydroxyl groups is 1. The molecule has 7 nitrogen and oxygen atoms in total. The smallest absolute Gasteiger partial charge is 0.357 e. The van der Waals surface area contributed by atoms with Crippen molar-refractivity contribution in [2.24, 2.45) is 0 Å². The van der Waals surface area contributed by atoms with Gasteiger partial charge in [0.05, 0.1) is 19.4 Å². The number of nitrogens with zero attached hydrogens (tertiary/aromatic N) is 3. The van der Waals surface area contributed by atoms with Gasteiger partial charge in [-0.05, 0) is 31.2 Å². The first-order chi connectivity index (χ1) is 11.6. The van der Waals surface area contributed by atoms with Gasteiger partial charge in [0.1, 0.15) is 5.75 Å². The van der Waals surface area contributed by atoms with Crippen molar-refractivity contribution in [1.82, 2.24) is 14.8 Å². The summed E-state index contributed by atoms with van der Waals surface area (Å²) in [6.07, 6.45) is 0. The molecular weight excluding hydrogens is 330 g/mol. The van der Waals surface area contributed by atoms with Crippen molar-refractivity contribution < 1.29 is 19.4 Å². The van der Waals surface area contributed by atoms with Crippen molar-refractivity contribution in [2.75, 3.05) is 13.7 Å². The maximum Gasteiger partial charge on any atom is 0.357 e. The summed E-state index contributed by atoms with van der Waals surface area (Å²) in [6.45, 7) is 2.01. The molecule has 2 heterocycles. The lowest BCUT2D eigenvalue weighted by atomic mass is 10.1. The number of esters is 1. The Morgan fingerprint density at radius 3 is 2.75 bits per heavy atom. The van der Waals surface area contributed by atoms with Crippen molar-refractivity contribution in [3.8, 4) is 28.0 Å². The number of hydrogen-bond acceptors (Lipinski definition) is 7. The molecule has 3 aromatic rings. The van der Waals surface area contributed by atoms with Crippen LogP contribution >= 0.6 is 11.3 Å². The molecule has 124 valence electrons. The molecule has 3 rings (SSSR count). The third kappa shape index (κ3) is 3.09. The number of thiazole rings is 1. The largest absolute Gasteiger partial charge is 0.497 e. The minimum Gasteiger partial charge on any atom is -0.497 e. The first-order valence-electron chi connectivity index (χ1n) is 7.19. The molecule has 0 unspecified atom stereocenters. The molecular formula is C16H15N3O4S. The fraction of sp³-hybridized carbons (Fsp3) is 0.188. The molecule has 0 aliphatic heterocycles. The Morgan fingerprint density at radius 1 is 1.33 bits per heavy atom. The maximum absolute atomic E-state index is 11.7. The second kappa shape index (κ2) is 6.71. The normalized spacial score (nSPS) is 10.6. The van der Waals surface area contributed by atoms with E-state index in [1.165, 1.54) is 22.1 Å². The van der Waals surface area contributed by atoms with Crippen molar-refractivity contribution in [3.63, 3.8) is 0 Å². The average molecular weight is 345 g/mol. The molecule has 1 N–H and O–H groups in total. The third-order valence-electron chi connectivity index (χ3n) is 3.23. The fourth-order valence-corrected chi connectivity index (χ4v) is 2.83. The summed E-state index contributed by atoms with van der Waals surface area (Å²) in [5, 5.41) is 16.4. The first kappa shape index (κ1) is 16.0. The van der Waals surface area contributed by atoms with Gasteiger partial charge < -0.3 is 14.6 Å². The Morgan fingerprint density at radius 2 is 2.08 bits per heavy atom. The first-order valence-corrected chi connectivity index (χ1v) is 8.06. The van der Waals surface area contributed by atoms with Crippen molar-refractivity contribution in [3.05, 3.63) is 41.4 Å². The predicted molar refractivity (Wildman–Crippen MR) is 88.8 cm³/mol. The highest BCUT2D eigenvalue weighted by Gasteiger charge is 2.16. The van der Waals surface area contributed by atoms with Crippen molar-refractivity contribution in [1.29, 1.82) is 0 Å². The number of ether oxygens (including phenoxy) is 2. The van der Waals surface area contributed by atoms with Gasteiger partial charge in [-0.25, -0.2) is 9.78 Å². The lowest BCUT2D eigenvalue weighted by Crippen LogP contribution is -2.05. The van der Waals surface area contributed by atoms with Gasteiger partial charge in [0.2, 0.25) is 11.0 Å². The fourth-order valence-electron chi connectivity index (χ4n) is 2.08. The summed E-state index contributed by atoms with van der Waals surface area (Å²) in [7, 11) is 1.60. The summed E-state index contributed by atoms with van der Waals surface area (Å²) in [6, 6.07) is 8.85. The highest BCUT2D eigenvalue weighted by atomic mass is 32.1. The van der Waals surface area contributed by atoms with Crippen LogP contribution < -0.4 is 4.74 Å². The topological polar surface area (TPSA) is 86.5 Å². The van der Waals surface area contributed by atoms with Crippen LogP contribution in [0.25, 0.3) is 16.4 Å². The standard InChI is InChI=1S/C16H15N3O4S/c1-3-23-15(21)13-9-24-16(17-13)19-14(20)8-12(18-19)10-4-6-11(22-2)7-5-10/h4-9,20H,3H2,1-2H3. The van der Waals surface area contributed by atoms with Crippen molar-refractivity contribution in [2.45, 2.75) is 6.92 Å². The molecule has 0 fully saturated rings. The molecule has 0 saturated heterocycles. The van der Waals surface area contributed by atoms with Crippen LogP contribution in [0.3, 0.4) is 0 Å². The van der Waals surface area contributed by atoms with E-state index in [0.29, 0.717) is 10.8 Å². The van der Waals surface area contributed by atoms with E-state index in [0.717, 1.165) is 11.3 Å². The molecule has 0 atom stereocenters. The molecule has 0 spiro atoms. The van der Waals surface area contributed by atoms with Gasteiger partial charge in [-0.1, -0.05) is 0 Å². The zero-order valence-electron chi connectivity index (χ0n) is 13.1. The summed E-state index contributed by atoms with van der Waals surface area (Å²) >= 11 is 1.19. The minimum atomic E-state index is -0.498. The zero-order valence-corrected chi connectivity index (χ0v) is 13.9. The Bertz CT molecular complexity index is 855. The quantitative estimate of drug-likeness (QED) is 0.716. The molecule has 0 saturated carbocycles. The van der Waals surface area contributed by atoms with Crippen LogP contribution in [0, 0.1) is 0 Å². The number of hydrogen-bond donors (Lipinski definition) is 1. The lowest BCUT2D eigenvalue weighted by Gasteiger charge is -2.00. The summed E-state index contributed by atoms with van der Waals surface area (Å²) < 4.78 is 11.3. The SMILES string of the molecule is CCOC(=O)c1csc(-n2nc(-c3ccc(OC)cc3)cc2O)n1.